The second kappa shape index (κ2) is 5.82. The van der Waals surface area contributed by atoms with Crippen LogP contribution >= 0.6 is 0 Å². The molecule has 3 rings (SSSR count). The maximum atomic E-state index is 12.1. The third-order valence-corrected chi connectivity index (χ3v) is 4.57. The number of hydrogen-bond acceptors (Lipinski definition) is 4. The quantitative estimate of drug-likeness (QED) is 0.828. The molecular formula is C13H16N4OSe. The van der Waals surface area contributed by atoms with Gasteiger partial charge in [0.05, 0.1) is 0 Å². The number of anilines is 1. The molecule has 6 heteroatoms. The number of rotatable bonds is 3. The van der Waals surface area contributed by atoms with Crippen LogP contribution in [-0.4, -0.2) is 41.9 Å². The molecule has 1 unspecified atom stereocenters. The van der Waals surface area contributed by atoms with E-state index >= 15 is 0 Å². The van der Waals surface area contributed by atoms with Crippen LogP contribution in [0.4, 0.5) is 5.69 Å². The summed E-state index contributed by atoms with van der Waals surface area (Å²) in [5.74, 6) is 0.535. The van der Waals surface area contributed by atoms with Crippen molar-refractivity contribution in [3.63, 3.8) is 0 Å². The van der Waals surface area contributed by atoms with E-state index in [0.29, 0.717) is 12.3 Å². The van der Waals surface area contributed by atoms with Gasteiger partial charge in [-0.1, -0.05) is 0 Å². The monoisotopic (exact) mass is 324 g/mol. The van der Waals surface area contributed by atoms with Crippen molar-refractivity contribution in [2.75, 3.05) is 18.4 Å². The number of nitrogens with zero attached hydrogens (tertiary/aromatic N) is 2. The van der Waals surface area contributed by atoms with Gasteiger partial charge in [-0.25, -0.2) is 0 Å². The topological polar surface area (TPSA) is 66.9 Å². The fourth-order valence-electron chi connectivity index (χ4n) is 2.47. The minimum atomic E-state index is -0.0591. The summed E-state index contributed by atoms with van der Waals surface area (Å²) in [7, 11) is 0. The Balaban J connectivity index is 1.67. The average molecular weight is 323 g/mol. The second-order valence-electron chi connectivity index (χ2n) is 4.90. The number of carbonyl (C=O) groups excluding carboxylic acids is 1. The first-order chi connectivity index (χ1) is 9.33. The summed E-state index contributed by atoms with van der Waals surface area (Å²) < 4.78 is 8.69. The number of nitrogens with one attached hydrogen (secondary N) is 2. The summed E-state index contributed by atoms with van der Waals surface area (Å²) in [5.41, 5.74) is 2.55. The van der Waals surface area contributed by atoms with Gasteiger partial charge in [0.2, 0.25) is 0 Å². The van der Waals surface area contributed by atoms with Gasteiger partial charge in [0, 0.05) is 0 Å². The van der Waals surface area contributed by atoms with Gasteiger partial charge in [-0.05, 0) is 0 Å². The molecule has 0 spiro atoms. The molecule has 1 saturated heterocycles. The summed E-state index contributed by atoms with van der Waals surface area (Å²) in [6.45, 7) is 2.02. The van der Waals surface area contributed by atoms with Gasteiger partial charge < -0.3 is 0 Å². The van der Waals surface area contributed by atoms with Crippen LogP contribution in [0.15, 0.2) is 18.2 Å². The first-order valence-corrected chi connectivity index (χ1v) is 8.08. The standard InChI is InChI=1S/C13H16N4OSe/c18-12(7-9-3-2-6-14-8-9)15-10-4-1-5-11-13(10)17-19-16-11/h1,4-5,9,14H,2-3,6-8H2,(H,15,18). The molecule has 2 aromatic rings. The molecule has 0 bridgehead atoms. The summed E-state index contributed by atoms with van der Waals surface area (Å²) in [6, 6.07) is 5.75. The van der Waals surface area contributed by atoms with Crippen LogP contribution in [0.2, 0.25) is 0 Å². The van der Waals surface area contributed by atoms with Crippen molar-refractivity contribution >= 4 is 37.6 Å². The van der Waals surface area contributed by atoms with Crippen molar-refractivity contribution in [2.24, 2.45) is 5.92 Å². The summed E-state index contributed by atoms with van der Waals surface area (Å²) >= 11 is -0.0591. The molecule has 1 fully saturated rings. The molecular weight excluding hydrogens is 307 g/mol. The number of benzene rings is 1. The number of carbonyl (C=O) groups is 1. The molecule has 19 heavy (non-hydrogen) atoms. The van der Waals surface area contributed by atoms with Crippen molar-refractivity contribution in [3.05, 3.63) is 18.2 Å². The summed E-state index contributed by atoms with van der Waals surface area (Å²) in [6.07, 6.45) is 2.88. The van der Waals surface area contributed by atoms with Crippen LogP contribution in [0.5, 0.6) is 0 Å². The molecule has 2 heterocycles. The van der Waals surface area contributed by atoms with Crippen LogP contribution in [-0.2, 0) is 4.79 Å². The van der Waals surface area contributed by atoms with Gasteiger partial charge in [-0.2, -0.15) is 0 Å². The Hall–Kier alpha value is -1.23. The predicted octanol–water partition coefficient (Wildman–Crippen LogP) is 1.01. The van der Waals surface area contributed by atoms with Gasteiger partial charge in [0.15, 0.2) is 0 Å². The zero-order chi connectivity index (χ0) is 13.1. The summed E-state index contributed by atoms with van der Waals surface area (Å²) in [5, 5.41) is 6.31. The molecule has 1 aliphatic rings. The average Bonchev–Trinajstić information content (AvgIpc) is 2.89. The Bertz CT molecular complexity index is 577. The van der Waals surface area contributed by atoms with Gasteiger partial charge in [0.25, 0.3) is 0 Å². The van der Waals surface area contributed by atoms with E-state index in [9.17, 15) is 4.79 Å². The van der Waals surface area contributed by atoms with Crippen molar-refractivity contribution < 1.29 is 4.79 Å². The second-order valence-corrected chi connectivity index (χ2v) is 6.01. The number of hydrogen-bond donors (Lipinski definition) is 2. The van der Waals surface area contributed by atoms with E-state index in [-0.39, 0.29) is 20.9 Å². The van der Waals surface area contributed by atoms with E-state index in [1.54, 1.807) is 0 Å². The Labute approximate surface area is 118 Å². The Kier molecular flexibility index (Phi) is 3.92. The van der Waals surface area contributed by atoms with Crippen LogP contribution in [0.25, 0.3) is 11.0 Å². The summed E-state index contributed by atoms with van der Waals surface area (Å²) in [4.78, 5) is 12.1. The van der Waals surface area contributed by atoms with Crippen LogP contribution < -0.4 is 10.6 Å². The van der Waals surface area contributed by atoms with Gasteiger partial charge in [0.1, 0.15) is 0 Å². The number of fused-ring (bicyclic) bond motifs is 1. The van der Waals surface area contributed by atoms with Crippen LogP contribution in [0, 0.1) is 5.92 Å². The molecule has 100 valence electrons. The Morgan fingerprint density at radius 2 is 2.42 bits per heavy atom. The number of piperidine rings is 1. The zero-order valence-electron chi connectivity index (χ0n) is 10.6. The molecule has 0 radical (unpaired) electrons. The van der Waals surface area contributed by atoms with Crippen molar-refractivity contribution in [1.82, 2.24) is 13.3 Å². The van der Waals surface area contributed by atoms with Gasteiger partial charge >= 0.3 is 117 Å². The third-order valence-electron chi connectivity index (χ3n) is 3.43. The van der Waals surface area contributed by atoms with Gasteiger partial charge in [-0.3, -0.25) is 0 Å². The van der Waals surface area contributed by atoms with Crippen molar-refractivity contribution in [1.29, 1.82) is 0 Å². The van der Waals surface area contributed by atoms with E-state index in [1.807, 2.05) is 18.2 Å². The van der Waals surface area contributed by atoms with Crippen molar-refractivity contribution in [2.45, 2.75) is 19.3 Å². The Morgan fingerprint density at radius 1 is 1.47 bits per heavy atom. The fourth-order valence-corrected chi connectivity index (χ4v) is 3.62. The van der Waals surface area contributed by atoms with Gasteiger partial charge in [-0.15, -0.1) is 0 Å². The first-order valence-electron chi connectivity index (χ1n) is 6.55. The van der Waals surface area contributed by atoms with E-state index in [2.05, 4.69) is 18.6 Å². The molecule has 0 aliphatic carbocycles. The Morgan fingerprint density at radius 3 is 3.26 bits per heavy atom. The molecule has 1 atom stereocenters. The number of aromatic nitrogens is 2. The molecule has 1 aromatic carbocycles. The molecule has 1 amide bonds. The fraction of sp³-hybridized carbons (Fsp3) is 0.462. The van der Waals surface area contributed by atoms with Crippen LogP contribution in [0.1, 0.15) is 19.3 Å². The maximum absolute atomic E-state index is 12.1. The van der Waals surface area contributed by atoms with E-state index < -0.39 is 0 Å². The normalized spacial score (nSPS) is 19.5. The molecule has 2 N–H and O–H groups in total. The van der Waals surface area contributed by atoms with E-state index in [0.717, 1.165) is 42.7 Å². The molecule has 0 saturated carbocycles. The van der Waals surface area contributed by atoms with Crippen molar-refractivity contribution in [3.8, 4) is 0 Å². The first kappa shape index (κ1) is 12.8. The van der Waals surface area contributed by atoms with E-state index in [4.69, 9.17) is 0 Å². The van der Waals surface area contributed by atoms with E-state index in [1.165, 1.54) is 0 Å². The zero-order valence-corrected chi connectivity index (χ0v) is 12.3. The minimum absolute atomic E-state index is 0.0591. The van der Waals surface area contributed by atoms with Crippen LogP contribution in [0.3, 0.4) is 0 Å². The molecule has 1 aliphatic heterocycles. The molecule has 1 aromatic heterocycles. The third kappa shape index (κ3) is 3.03. The molecule has 5 nitrogen and oxygen atoms in total. The SMILES string of the molecule is O=C(CC1CCCNC1)Nc1cccc2n[se]nc12. The number of amides is 1. The predicted molar refractivity (Wildman–Crippen MR) is 75.3 cm³/mol.